The second kappa shape index (κ2) is 8.20. The molecular formula is C18H14Br2N2O3S. The van der Waals surface area contributed by atoms with E-state index in [0.29, 0.717) is 16.4 Å². The number of rotatable bonds is 5. The van der Waals surface area contributed by atoms with Gasteiger partial charge in [0, 0.05) is 15.4 Å². The molecular weight excluding hydrogens is 484 g/mol. The van der Waals surface area contributed by atoms with Gasteiger partial charge in [0.05, 0.1) is 29.9 Å². The van der Waals surface area contributed by atoms with Crippen LogP contribution in [0.5, 0.6) is 11.5 Å². The summed E-state index contributed by atoms with van der Waals surface area (Å²) in [5.41, 5.74) is 2.13. The van der Waals surface area contributed by atoms with Crippen LogP contribution in [-0.2, 0) is 0 Å². The van der Waals surface area contributed by atoms with E-state index >= 15 is 0 Å². The van der Waals surface area contributed by atoms with Crippen LogP contribution in [0.15, 0.2) is 50.7 Å². The molecule has 0 atom stereocenters. The standard InChI is InChI=1S/C18H14Br2N2O3S/c1-24-15-6-4-11(19)8-12(15)17(23)22-18-21-14(9-26-18)10-3-5-16(25-2)13(20)7-10/h3-9H,1-2H3,(H,21,22,23). The molecule has 134 valence electrons. The molecule has 2 aromatic carbocycles. The molecule has 8 heteroatoms. The monoisotopic (exact) mass is 496 g/mol. The number of anilines is 1. The summed E-state index contributed by atoms with van der Waals surface area (Å²) in [5, 5.41) is 5.22. The van der Waals surface area contributed by atoms with Crippen molar-refractivity contribution in [2.45, 2.75) is 0 Å². The molecule has 1 heterocycles. The molecule has 0 spiro atoms. The Morgan fingerprint density at radius 2 is 1.81 bits per heavy atom. The number of hydrogen-bond acceptors (Lipinski definition) is 5. The molecule has 0 aliphatic heterocycles. The van der Waals surface area contributed by atoms with Crippen molar-refractivity contribution in [1.29, 1.82) is 0 Å². The number of amides is 1. The number of ether oxygens (including phenoxy) is 2. The van der Waals surface area contributed by atoms with Gasteiger partial charge in [-0.25, -0.2) is 4.98 Å². The minimum atomic E-state index is -0.278. The third kappa shape index (κ3) is 4.08. The predicted octanol–water partition coefficient (Wildman–Crippen LogP) is 5.60. The highest BCUT2D eigenvalue weighted by Crippen LogP contribution is 2.32. The molecule has 0 unspecified atom stereocenters. The van der Waals surface area contributed by atoms with Gasteiger partial charge in [0.25, 0.3) is 5.91 Å². The maximum atomic E-state index is 12.6. The van der Waals surface area contributed by atoms with Crippen LogP contribution in [0.1, 0.15) is 10.4 Å². The van der Waals surface area contributed by atoms with E-state index in [9.17, 15) is 4.79 Å². The van der Waals surface area contributed by atoms with Crippen LogP contribution in [0, 0.1) is 0 Å². The summed E-state index contributed by atoms with van der Waals surface area (Å²) in [4.78, 5) is 17.1. The molecule has 0 bridgehead atoms. The summed E-state index contributed by atoms with van der Waals surface area (Å²) in [7, 11) is 3.15. The third-order valence-corrected chi connectivity index (χ3v) is 5.45. The van der Waals surface area contributed by atoms with Gasteiger partial charge in [-0.1, -0.05) is 15.9 Å². The fourth-order valence-electron chi connectivity index (χ4n) is 2.31. The molecule has 0 saturated carbocycles. The number of benzene rings is 2. The first-order chi connectivity index (χ1) is 12.5. The highest BCUT2D eigenvalue weighted by atomic mass is 79.9. The smallest absolute Gasteiger partial charge is 0.261 e. The van der Waals surface area contributed by atoms with Crippen LogP contribution in [0.2, 0.25) is 0 Å². The van der Waals surface area contributed by atoms with Crippen molar-refractivity contribution in [3.8, 4) is 22.8 Å². The number of nitrogens with one attached hydrogen (secondary N) is 1. The van der Waals surface area contributed by atoms with E-state index in [4.69, 9.17) is 9.47 Å². The van der Waals surface area contributed by atoms with Crippen molar-refractivity contribution in [2.75, 3.05) is 19.5 Å². The van der Waals surface area contributed by atoms with E-state index in [-0.39, 0.29) is 5.91 Å². The van der Waals surface area contributed by atoms with E-state index in [2.05, 4.69) is 42.2 Å². The third-order valence-electron chi connectivity index (χ3n) is 3.58. The van der Waals surface area contributed by atoms with E-state index in [1.54, 1.807) is 19.2 Å². The number of carbonyl (C=O) groups is 1. The average Bonchev–Trinajstić information content (AvgIpc) is 3.10. The van der Waals surface area contributed by atoms with Gasteiger partial charge in [-0.05, 0) is 52.3 Å². The molecule has 0 fully saturated rings. The minimum absolute atomic E-state index is 0.278. The van der Waals surface area contributed by atoms with E-state index in [1.165, 1.54) is 18.4 Å². The molecule has 1 aromatic heterocycles. The molecule has 3 rings (SSSR count). The maximum Gasteiger partial charge on any atom is 0.261 e. The van der Waals surface area contributed by atoms with Gasteiger partial charge in [-0.2, -0.15) is 0 Å². The summed E-state index contributed by atoms with van der Waals surface area (Å²) < 4.78 is 12.1. The Hall–Kier alpha value is -1.90. The number of aromatic nitrogens is 1. The average molecular weight is 498 g/mol. The fraction of sp³-hybridized carbons (Fsp3) is 0.111. The normalized spacial score (nSPS) is 10.5. The second-order valence-electron chi connectivity index (χ2n) is 5.19. The first kappa shape index (κ1) is 18.9. The highest BCUT2D eigenvalue weighted by molar-refractivity contribution is 9.10. The van der Waals surface area contributed by atoms with Crippen LogP contribution in [0.25, 0.3) is 11.3 Å². The van der Waals surface area contributed by atoms with E-state index in [1.807, 2.05) is 29.6 Å². The van der Waals surface area contributed by atoms with Crippen molar-refractivity contribution in [3.63, 3.8) is 0 Å². The Morgan fingerprint density at radius 1 is 1.08 bits per heavy atom. The first-order valence-electron chi connectivity index (χ1n) is 7.46. The van der Waals surface area contributed by atoms with Crippen molar-refractivity contribution < 1.29 is 14.3 Å². The number of halogens is 2. The van der Waals surface area contributed by atoms with Crippen molar-refractivity contribution in [3.05, 3.63) is 56.3 Å². The Kier molecular flexibility index (Phi) is 5.95. The zero-order valence-electron chi connectivity index (χ0n) is 13.9. The Bertz CT molecular complexity index is 959. The topological polar surface area (TPSA) is 60.5 Å². The summed E-state index contributed by atoms with van der Waals surface area (Å²) in [6.45, 7) is 0. The Labute approximate surface area is 171 Å². The number of methoxy groups -OCH3 is 2. The number of hydrogen-bond donors (Lipinski definition) is 1. The SMILES string of the molecule is COc1ccc(-c2csc(NC(=O)c3cc(Br)ccc3OC)n2)cc1Br. The van der Waals surface area contributed by atoms with E-state index < -0.39 is 0 Å². The number of carbonyl (C=O) groups excluding carboxylic acids is 1. The van der Waals surface area contributed by atoms with E-state index in [0.717, 1.165) is 26.0 Å². The summed E-state index contributed by atoms with van der Waals surface area (Å²) in [5.74, 6) is 0.973. The first-order valence-corrected chi connectivity index (χ1v) is 9.92. The van der Waals surface area contributed by atoms with Crippen LogP contribution >= 0.6 is 43.2 Å². The van der Waals surface area contributed by atoms with Crippen molar-refractivity contribution in [1.82, 2.24) is 4.98 Å². The van der Waals surface area contributed by atoms with Gasteiger partial charge >= 0.3 is 0 Å². The van der Waals surface area contributed by atoms with Crippen LogP contribution in [-0.4, -0.2) is 25.1 Å². The Morgan fingerprint density at radius 3 is 2.50 bits per heavy atom. The number of nitrogens with zero attached hydrogens (tertiary/aromatic N) is 1. The lowest BCUT2D eigenvalue weighted by molar-refractivity contribution is 0.102. The van der Waals surface area contributed by atoms with Gasteiger partial charge in [0.15, 0.2) is 5.13 Å². The molecule has 0 aliphatic rings. The summed E-state index contributed by atoms with van der Waals surface area (Å²) in [6.07, 6.45) is 0. The molecule has 0 saturated heterocycles. The zero-order valence-corrected chi connectivity index (χ0v) is 17.9. The molecule has 1 amide bonds. The highest BCUT2D eigenvalue weighted by Gasteiger charge is 2.15. The lowest BCUT2D eigenvalue weighted by atomic mass is 10.2. The van der Waals surface area contributed by atoms with Crippen LogP contribution in [0.3, 0.4) is 0 Å². The molecule has 0 aliphatic carbocycles. The second-order valence-corrected chi connectivity index (χ2v) is 7.81. The van der Waals surface area contributed by atoms with Gasteiger partial charge in [-0.15, -0.1) is 11.3 Å². The minimum Gasteiger partial charge on any atom is -0.496 e. The predicted molar refractivity (Wildman–Crippen MR) is 110 cm³/mol. The van der Waals surface area contributed by atoms with Crippen molar-refractivity contribution in [2.24, 2.45) is 0 Å². The van der Waals surface area contributed by atoms with Gasteiger partial charge in [-0.3, -0.25) is 10.1 Å². The fourth-order valence-corrected chi connectivity index (χ4v) is 3.93. The lowest BCUT2D eigenvalue weighted by Crippen LogP contribution is -2.13. The molecule has 1 N–H and O–H groups in total. The summed E-state index contributed by atoms with van der Waals surface area (Å²) >= 11 is 8.20. The number of thiazole rings is 1. The maximum absolute atomic E-state index is 12.6. The van der Waals surface area contributed by atoms with Gasteiger partial charge < -0.3 is 9.47 Å². The zero-order chi connectivity index (χ0) is 18.7. The largest absolute Gasteiger partial charge is 0.496 e. The lowest BCUT2D eigenvalue weighted by Gasteiger charge is -2.08. The van der Waals surface area contributed by atoms with Crippen LogP contribution < -0.4 is 14.8 Å². The van der Waals surface area contributed by atoms with Crippen LogP contribution in [0.4, 0.5) is 5.13 Å². The molecule has 0 radical (unpaired) electrons. The molecule has 26 heavy (non-hydrogen) atoms. The van der Waals surface area contributed by atoms with Gasteiger partial charge in [0.2, 0.25) is 0 Å². The van der Waals surface area contributed by atoms with Gasteiger partial charge in [0.1, 0.15) is 11.5 Å². The summed E-state index contributed by atoms with van der Waals surface area (Å²) in [6, 6.07) is 11.0. The Balaban J connectivity index is 1.81. The van der Waals surface area contributed by atoms with Crippen molar-refractivity contribution >= 4 is 54.2 Å². The quantitative estimate of drug-likeness (QED) is 0.498. The molecule has 3 aromatic rings. The molecule has 5 nitrogen and oxygen atoms in total.